The highest BCUT2D eigenvalue weighted by Crippen LogP contribution is 2.27. The van der Waals surface area contributed by atoms with Gasteiger partial charge in [-0.25, -0.2) is 12.8 Å². The maximum atomic E-state index is 13.6. The number of sulfonamides is 1. The minimum Gasteiger partial charge on any atom is -0.495 e. The minimum absolute atomic E-state index is 0.0292. The lowest BCUT2D eigenvalue weighted by molar-refractivity contribution is -0.121. The van der Waals surface area contributed by atoms with Crippen molar-refractivity contribution in [2.75, 3.05) is 20.2 Å². The van der Waals surface area contributed by atoms with Crippen LogP contribution in [0.1, 0.15) is 25.8 Å². The molecular formula is C21H27FN2O4S. The Kier molecular flexibility index (Phi) is 8.16. The minimum atomic E-state index is -4.10. The molecule has 2 rings (SSSR count). The SMILES string of the molecule is CCN(CC(=O)N[C@@H](C)CCc1ccccc1)S(=O)(=O)c1cc(F)ccc1OC. The van der Waals surface area contributed by atoms with Gasteiger partial charge in [-0.1, -0.05) is 37.3 Å². The van der Waals surface area contributed by atoms with E-state index in [0.29, 0.717) is 0 Å². The van der Waals surface area contributed by atoms with Crippen LogP contribution in [0.4, 0.5) is 4.39 Å². The smallest absolute Gasteiger partial charge is 0.247 e. The average Bonchev–Trinajstić information content (AvgIpc) is 2.71. The van der Waals surface area contributed by atoms with Crippen molar-refractivity contribution in [1.29, 1.82) is 0 Å². The molecule has 2 aromatic rings. The fourth-order valence-corrected chi connectivity index (χ4v) is 4.51. The third-order valence-electron chi connectivity index (χ3n) is 4.53. The second-order valence-corrected chi connectivity index (χ2v) is 8.63. The van der Waals surface area contributed by atoms with Crippen LogP contribution in [0.2, 0.25) is 0 Å². The average molecular weight is 423 g/mol. The van der Waals surface area contributed by atoms with Crippen LogP contribution in [-0.4, -0.2) is 44.9 Å². The number of methoxy groups -OCH3 is 1. The Morgan fingerprint density at radius 1 is 1.21 bits per heavy atom. The van der Waals surface area contributed by atoms with E-state index in [1.165, 1.54) is 18.7 Å². The Balaban J connectivity index is 2.02. The topological polar surface area (TPSA) is 75.7 Å². The number of hydrogen-bond acceptors (Lipinski definition) is 4. The zero-order chi connectivity index (χ0) is 21.4. The van der Waals surface area contributed by atoms with E-state index in [9.17, 15) is 17.6 Å². The number of rotatable bonds is 10. The number of amides is 1. The fraction of sp³-hybridized carbons (Fsp3) is 0.381. The molecular weight excluding hydrogens is 395 g/mol. The van der Waals surface area contributed by atoms with Gasteiger partial charge < -0.3 is 10.1 Å². The Hall–Kier alpha value is -2.45. The van der Waals surface area contributed by atoms with Crippen LogP contribution in [0.25, 0.3) is 0 Å². The number of halogens is 1. The molecule has 1 N–H and O–H groups in total. The largest absolute Gasteiger partial charge is 0.495 e. The molecule has 0 aliphatic heterocycles. The number of nitrogens with one attached hydrogen (secondary N) is 1. The Labute approximate surface area is 171 Å². The maximum Gasteiger partial charge on any atom is 0.247 e. The summed E-state index contributed by atoms with van der Waals surface area (Å²) in [4.78, 5) is 12.1. The number of carbonyl (C=O) groups is 1. The zero-order valence-electron chi connectivity index (χ0n) is 16.9. The standard InChI is InChI=1S/C21H27FN2O4S/c1-4-24(29(26,27)20-14-18(22)12-13-19(20)28-3)15-21(25)23-16(2)10-11-17-8-6-5-7-9-17/h5-9,12-14,16H,4,10-11,15H2,1-3H3,(H,23,25)/t16-/m0/s1. The zero-order valence-corrected chi connectivity index (χ0v) is 17.7. The van der Waals surface area contributed by atoms with Crippen LogP contribution in [0, 0.1) is 5.82 Å². The molecule has 0 fully saturated rings. The van der Waals surface area contributed by atoms with Gasteiger partial charge >= 0.3 is 0 Å². The molecule has 0 bridgehead atoms. The van der Waals surface area contributed by atoms with Crippen LogP contribution in [-0.2, 0) is 21.2 Å². The molecule has 0 radical (unpaired) electrons. The molecule has 8 heteroatoms. The van der Waals surface area contributed by atoms with Gasteiger partial charge in [0.2, 0.25) is 15.9 Å². The molecule has 0 unspecified atom stereocenters. The molecule has 1 amide bonds. The van der Waals surface area contributed by atoms with Gasteiger partial charge in [0, 0.05) is 12.6 Å². The van der Waals surface area contributed by atoms with Gasteiger partial charge in [-0.2, -0.15) is 4.31 Å². The van der Waals surface area contributed by atoms with Crippen molar-refractivity contribution in [1.82, 2.24) is 9.62 Å². The summed E-state index contributed by atoms with van der Waals surface area (Å²) in [6.45, 7) is 3.21. The highest BCUT2D eigenvalue weighted by atomic mass is 32.2. The predicted molar refractivity (Wildman–Crippen MR) is 110 cm³/mol. The van der Waals surface area contributed by atoms with Gasteiger partial charge in [0.15, 0.2) is 0 Å². The van der Waals surface area contributed by atoms with E-state index in [4.69, 9.17) is 4.74 Å². The van der Waals surface area contributed by atoms with Gasteiger partial charge in [-0.15, -0.1) is 0 Å². The van der Waals surface area contributed by atoms with Gasteiger partial charge in [-0.05, 0) is 43.5 Å². The van der Waals surface area contributed by atoms with Crippen molar-refractivity contribution in [3.63, 3.8) is 0 Å². The van der Waals surface area contributed by atoms with Crippen LogP contribution in [0.3, 0.4) is 0 Å². The van der Waals surface area contributed by atoms with Crippen molar-refractivity contribution in [3.05, 3.63) is 59.9 Å². The van der Waals surface area contributed by atoms with Crippen molar-refractivity contribution in [2.24, 2.45) is 0 Å². The highest BCUT2D eigenvalue weighted by Gasteiger charge is 2.29. The van der Waals surface area contributed by atoms with Gasteiger partial charge in [0.05, 0.1) is 13.7 Å². The molecule has 6 nitrogen and oxygen atoms in total. The molecule has 0 saturated heterocycles. The summed E-state index contributed by atoms with van der Waals surface area (Å²) in [5.41, 5.74) is 1.17. The van der Waals surface area contributed by atoms with Crippen molar-refractivity contribution in [2.45, 2.75) is 37.6 Å². The van der Waals surface area contributed by atoms with Crippen LogP contribution in [0.15, 0.2) is 53.4 Å². The number of likely N-dealkylation sites (N-methyl/N-ethyl adjacent to an activating group) is 1. The number of hydrogen-bond donors (Lipinski definition) is 1. The number of nitrogens with zero attached hydrogens (tertiary/aromatic N) is 1. The molecule has 0 spiro atoms. The first-order chi connectivity index (χ1) is 13.8. The lowest BCUT2D eigenvalue weighted by atomic mass is 10.1. The maximum absolute atomic E-state index is 13.6. The fourth-order valence-electron chi connectivity index (χ4n) is 2.94. The Morgan fingerprint density at radius 2 is 1.90 bits per heavy atom. The summed E-state index contributed by atoms with van der Waals surface area (Å²) in [5.74, 6) is -1.08. The lowest BCUT2D eigenvalue weighted by Crippen LogP contribution is -2.43. The first-order valence-corrected chi connectivity index (χ1v) is 10.9. The normalized spacial score (nSPS) is 12.6. The second-order valence-electron chi connectivity index (χ2n) is 6.72. The molecule has 0 aliphatic rings. The van der Waals surface area contributed by atoms with Crippen LogP contribution in [0.5, 0.6) is 5.75 Å². The predicted octanol–water partition coefficient (Wildman–Crippen LogP) is 2.98. The van der Waals surface area contributed by atoms with E-state index in [1.807, 2.05) is 37.3 Å². The van der Waals surface area contributed by atoms with E-state index in [-0.39, 0.29) is 29.8 Å². The first-order valence-electron chi connectivity index (χ1n) is 9.45. The lowest BCUT2D eigenvalue weighted by Gasteiger charge is -2.22. The van der Waals surface area contributed by atoms with Crippen LogP contribution < -0.4 is 10.1 Å². The number of benzene rings is 2. The van der Waals surface area contributed by atoms with E-state index in [0.717, 1.165) is 29.3 Å². The summed E-state index contributed by atoms with van der Waals surface area (Å²) >= 11 is 0. The quantitative estimate of drug-likeness (QED) is 0.639. The summed E-state index contributed by atoms with van der Waals surface area (Å²) in [6.07, 6.45) is 1.53. The van der Waals surface area contributed by atoms with Crippen molar-refractivity contribution >= 4 is 15.9 Å². The van der Waals surface area contributed by atoms with Gasteiger partial charge in [0.1, 0.15) is 16.5 Å². The molecule has 1 atom stereocenters. The molecule has 2 aromatic carbocycles. The van der Waals surface area contributed by atoms with E-state index in [2.05, 4.69) is 5.32 Å². The van der Waals surface area contributed by atoms with Crippen molar-refractivity contribution < 1.29 is 22.3 Å². The molecule has 29 heavy (non-hydrogen) atoms. The summed E-state index contributed by atoms with van der Waals surface area (Å²) < 4.78 is 45.5. The first kappa shape index (κ1) is 22.8. The molecule has 158 valence electrons. The van der Waals surface area contributed by atoms with Gasteiger partial charge in [0.25, 0.3) is 0 Å². The highest BCUT2D eigenvalue weighted by molar-refractivity contribution is 7.89. The Morgan fingerprint density at radius 3 is 2.52 bits per heavy atom. The second kappa shape index (κ2) is 10.4. The molecule has 0 saturated carbocycles. The molecule has 0 heterocycles. The number of carbonyl (C=O) groups excluding carboxylic acids is 1. The number of aryl methyl sites for hydroxylation is 1. The van der Waals surface area contributed by atoms with E-state index >= 15 is 0 Å². The summed E-state index contributed by atoms with van der Waals surface area (Å²) in [5, 5.41) is 2.83. The van der Waals surface area contributed by atoms with E-state index in [1.54, 1.807) is 6.92 Å². The van der Waals surface area contributed by atoms with Gasteiger partial charge in [-0.3, -0.25) is 4.79 Å². The Bertz CT molecular complexity index is 920. The van der Waals surface area contributed by atoms with E-state index < -0.39 is 21.7 Å². The van der Waals surface area contributed by atoms with Crippen molar-refractivity contribution in [3.8, 4) is 5.75 Å². The molecule has 0 aliphatic carbocycles. The summed E-state index contributed by atoms with van der Waals surface area (Å²) in [6, 6.07) is 13.1. The summed E-state index contributed by atoms with van der Waals surface area (Å²) in [7, 11) is -2.79. The van der Waals surface area contributed by atoms with Crippen LogP contribution >= 0.6 is 0 Å². The molecule has 0 aromatic heterocycles. The number of ether oxygens (including phenoxy) is 1. The third-order valence-corrected chi connectivity index (χ3v) is 6.47. The third kappa shape index (κ3) is 6.27. The monoisotopic (exact) mass is 422 g/mol.